The van der Waals surface area contributed by atoms with E-state index >= 15 is 0 Å². The Morgan fingerprint density at radius 1 is 0.943 bits per heavy atom. The number of nitrogens with zero attached hydrogens (tertiary/aromatic N) is 1. The van der Waals surface area contributed by atoms with Crippen molar-refractivity contribution in [3.05, 3.63) is 60.2 Å². The van der Waals surface area contributed by atoms with Gasteiger partial charge in [0.15, 0.2) is 0 Å². The van der Waals surface area contributed by atoms with Gasteiger partial charge in [-0.1, -0.05) is 30.3 Å². The molecule has 2 aromatic carbocycles. The van der Waals surface area contributed by atoms with E-state index in [1.54, 1.807) is 48.5 Å². The highest BCUT2D eigenvalue weighted by Gasteiger charge is 2.28. The van der Waals surface area contributed by atoms with Crippen molar-refractivity contribution in [2.45, 2.75) is 32.4 Å². The molecule has 0 fully saturated rings. The maximum absolute atomic E-state index is 13.4. The molecule has 5 N–H and O–H groups in total. The minimum Gasteiger partial charge on any atom is -0.481 e. The van der Waals surface area contributed by atoms with Gasteiger partial charge in [-0.15, -0.1) is 0 Å². The Morgan fingerprint density at radius 3 is 2.17 bits per heavy atom. The van der Waals surface area contributed by atoms with Gasteiger partial charge in [0.1, 0.15) is 12.6 Å². The Bertz CT molecular complexity index is 1070. The molecule has 0 saturated carbocycles. The maximum Gasteiger partial charge on any atom is 0.305 e. The zero-order valence-corrected chi connectivity index (χ0v) is 19.4. The van der Waals surface area contributed by atoms with Gasteiger partial charge in [-0.3, -0.25) is 28.9 Å². The number of aliphatic carboxylic acids is 1. The Hall–Kier alpha value is -4.25. The molecule has 0 aliphatic heterocycles. The van der Waals surface area contributed by atoms with E-state index in [0.717, 1.165) is 4.90 Å². The van der Waals surface area contributed by atoms with Crippen LogP contribution >= 0.6 is 0 Å². The monoisotopic (exact) mass is 484 g/mol. The Kier molecular flexibility index (Phi) is 9.91. The molecule has 2 rings (SSSR count). The first-order chi connectivity index (χ1) is 16.6. The van der Waals surface area contributed by atoms with Crippen LogP contribution in [0.2, 0.25) is 0 Å². The zero-order valence-electron chi connectivity index (χ0n) is 19.4. The second kappa shape index (κ2) is 12.8. The Balaban J connectivity index is 2.31. The molecule has 2 aromatic rings. The lowest BCUT2D eigenvalue weighted by atomic mass is 10.1. The number of carbonyl (C=O) groups is 5. The summed E-state index contributed by atoms with van der Waals surface area (Å²) in [7, 11) is 0. The number of benzene rings is 2. The molecule has 2 atom stereocenters. The summed E-state index contributed by atoms with van der Waals surface area (Å²) in [6.45, 7) is 1.57. The predicted octanol–water partition coefficient (Wildman–Crippen LogP) is 0.748. The first-order valence-electron chi connectivity index (χ1n) is 10.8. The molecular formula is C24H28N4O7. The Morgan fingerprint density at radius 2 is 1.57 bits per heavy atom. The summed E-state index contributed by atoms with van der Waals surface area (Å²) in [5.41, 5.74) is 0.795. The average molecular weight is 485 g/mol. The number of hydrogen-bond acceptors (Lipinski definition) is 6. The van der Waals surface area contributed by atoms with Crippen LogP contribution in [0, 0.1) is 0 Å². The number of carboxylic acids is 1. The van der Waals surface area contributed by atoms with E-state index in [2.05, 4.69) is 16.0 Å². The SMILES string of the molecule is CC(=O)Nc1ccccc1N(CC(=O)N[C@H](CO)CC(=O)O)C(=O)[C@H](C)NC(=O)c1ccccc1. The molecule has 0 bridgehead atoms. The van der Waals surface area contributed by atoms with Gasteiger partial charge < -0.3 is 26.2 Å². The van der Waals surface area contributed by atoms with Crippen molar-refractivity contribution in [3.63, 3.8) is 0 Å². The molecule has 0 aromatic heterocycles. The summed E-state index contributed by atoms with van der Waals surface area (Å²) in [5, 5.41) is 25.9. The largest absolute Gasteiger partial charge is 0.481 e. The van der Waals surface area contributed by atoms with Crippen molar-refractivity contribution in [2.75, 3.05) is 23.4 Å². The summed E-state index contributed by atoms with van der Waals surface area (Å²) in [6, 6.07) is 12.4. The lowest BCUT2D eigenvalue weighted by molar-refractivity contribution is -0.138. The topological polar surface area (TPSA) is 165 Å². The summed E-state index contributed by atoms with van der Waals surface area (Å²) in [6.07, 6.45) is -0.512. The number of anilines is 2. The summed E-state index contributed by atoms with van der Waals surface area (Å²) >= 11 is 0. The number of amides is 4. The minimum atomic E-state index is -1.22. The molecule has 0 aliphatic rings. The number of hydrogen-bond donors (Lipinski definition) is 5. The second-order valence-corrected chi connectivity index (χ2v) is 7.73. The smallest absolute Gasteiger partial charge is 0.305 e. The quantitative estimate of drug-likeness (QED) is 0.314. The van der Waals surface area contributed by atoms with Crippen molar-refractivity contribution >= 4 is 41.0 Å². The van der Waals surface area contributed by atoms with Crippen LogP contribution in [0.4, 0.5) is 11.4 Å². The molecule has 0 aliphatic carbocycles. The van der Waals surface area contributed by atoms with Gasteiger partial charge in [0, 0.05) is 12.5 Å². The van der Waals surface area contributed by atoms with Crippen LogP contribution in [0.25, 0.3) is 0 Å². The Labute approximate surface area is 202 Å². The molecule has 186 valence electrons. The molecule has 11 nitrogen and oxygen atoms in total. The molecule has 11 heteroatoms. The van der Waals surface area contributed by atoms with Crippen molar-refractivity contribution in [1.29, 1.82) is 0 Å². The predicted molar refractivity (Wildman–Crippen MR) is 128 cm³/mol. The van der Waals surface area contributed by atoms with Gasteiger partial charge in [0.2, 0.25) is 17.7 Å². The van der Waals surface area contributed by atoms with E-state index in [9.17, 15) is 29.1 Å². The molecule has 0 spiro atoms. The number of nitrogens with one attached hydrogen (secondary N) is 3. The highest BCUT2D eigenvalue weighted by molar-refractivity contribution is 6.07. The van der Waals surface area contributed by atoms with Crippen molar-refractivity contribution in [1.82, 2.24) is 10.6 Å². The fraction of sp³-hybridized carbons (Fsp3) is 0.292. The van der Waals surface area contributed by atoms with Crippen molar-refractivity contribution < 1.29 is 34.2 Å². The molecule has 35 heavy (non-hydrogen) atoms. The van der Waals surface area contributed by atoms with Crippen molar-refractivity contribution in [2.24, 2.45) is 0 Å². The molecular weight excluding hydrogens is 456 g/mol. The van der Waals surface area contributed by atoms with Crippen LogP contribution in [0.15, 0.2) is 54.6 Å². The minimum absolute atomic E-state index is 0.197. The van der Waals surface area contributed by atoms with Crippen LogP contribution in [0.1, 0.15) is 30.6 Å². The molecule has 0 saturated heterocycles. The van der Waals surface area contributed by atoms with E-state index < -0.39 is 61.3 Å². The van der Waals surface area contributed by atoms with Gasteiger partial charge >= 0.3 is 5.97 Å². The van der Waals surface area contributed by atoms with Crippen LogP contribution in [-0.2, 0) is 19.2 Å². The lowest BCUT2D eigenvalue weighted by Gasteiger charge is -2.28. The van der Waals surface area contributed by atoms with E-state index in [1.165, 1.54) is 19.9 Å². The molecule has 0 heterocycles. The average Bonchev–Trinajstić information content (AvgIpc) is 2.82. The van der Waals surface area contributed by atoms with Crippen LogP contribution in [0.3, 0.4) is 0 Å². The van der Waals surface area contributed by atoms with Gasteiger partial charge in [-0.05, 0) is 31.2 Å². The van der Waals surface area contributed by atoms with E-state index in [-0.39, 0.29) is 11.4 Å². The molecule has 0 radical (unpaired) electrons. The first kappa shape index (κ1) is 27.0. The van der Waals surface area contributed by atoms with Gasteiger partial charge in [0.05, 0.1) is 30.4 Å². The highest BCUT2D eigenvalue weighted by Crippen LogP contribution is 2.26. The first-order valence-corrected chi connectivity index (χ1v) is 10.8. The van der Waals surface area contributed by atoms with Crippen LogP contribution in [0.5, 0.6) is 0 Å². The fourth-order valence-electron chi connectivity index (χ4n) is 3.24. The van der Waals surface area contributed by atoms with E-state index in [0.29, 0.717) is 5.56 Å². The standard InChI is InChI=1S/C24H28N4O7/c1-15(25-23(34)17-8-4-3-5-9-17)24(35)28(13-21(31)27-18(14-29)12-22(32)33)20-11-7-6-10-19(20)26-16(2)30/h3-11,15,18,29H,12-14H2,1-2H3,(H,25,34)(H,26,30)(H,27,31)(H,32,33)/t15-,18-/m0/s1. The third-order valence-corrected chi connectivity index (χ3v) is 4.83. The maximum atomic E-state index is 13.4. The molecule has 0 unspecified atom stereocenters. The van der Waals surface area contributed by atoms with Crippen LogP contribution in [-0.4, -0.2) is 65.0 Å². The van der Waals surface area contributed by atoms with Gasteiger partial charge in [0.25, 0.3) is 5.91 Å². The third kappa shape index (κ3) is 8.23. The normalized spacial score (nSPS) is 12.1. The second-order valence-electron chi connectivity index (χ2n) is 7.73. The summed E-state index contributed by atoms with van der Waals surface area (Å²) in [4.78, 5) is 62.3. The van der Waals surface area contributed by atoms with Gasteiger partial charge in [-0.2, -0.15) is 0 Å². The number of carboxylic acid groups (broad SMARTS) is 1. The van der Waals surface area contributed by atoms with Gasteiger partial charge in [-0.25, -0.2) is 0 Å². The molecule has 4 amide bonds. The number of aliphatic hydroxyl groups excluding tert-OH is 1. The van der Waals surface area contributed by atoms with Crippen molar-refractivity contribution in [3.8, 4) is 0 Å². The summed E-state index contributed by atoms with van der Waals surface area (Å²) in [5.74, 6) is -3.50. The highest BCUT2D eigenvalue weighted by atomic mass is 16.4. The van der Waals surface area contributed by atoms with E-state index in [1.807, 2.05) is 0 Å². The lowest BCUT2D eigenvalue weighted by Crippen LogP contribution is -2.51. The number of aliphatic hydroxyl groups is 1. The fourth-order valence-corrected chi connectivity index (χ4v) is 3.24. The number of carbonyl (C=O) groups excluding carboxylic acids is 4. The van der Waals surface area contributed by atoms with Crippen LogP contribution < -0.4 is 20.9 Å². The number of para-hydroxylation sites is 2. The van der Waals surface area contributed by atoms with E-state index in [4.69, 9.17) is 5.11 Å². The number of rotatable bonds is 11. The third-order valence-electron chi connectivity index (χ3n) is 4.83. The zero-order chi connectivity index (χ0) is 26.0. The summed E-state index contributed by atoms with van der Waals surface area (Å²) < 4.78 is 0.